The molecule has 0 saturated carbocycles. The van der Waals surface area contributed by atoms with Crippen LogP contribution >= 0.6 is 0 Å². The van der Waals surface area contributed by atoms with Crippen molar-refractivity contribution in [3.63, 3.8) is 0 Å². The van der Waals surface area contributed by atoms with Gasteiger partial charge in [0.15, 0.2) is 24.4 Å². The largest absolute Gasteiger partial charge is 1.00 e. The summed E-state index contributed by atoms with van der Waals surface area (Å²) in [5.74, 6) is -7.73. The Kier molecular flexibility index (Phi) is 25.0. The van der Waals surface area contributed by atoms with Crippen molar-refractivity contribution in [1.29, 1.82) is 0 Å². The van der Waals surface area contributed by atoms with Crippen molar-refractivity contribution in [2.45, 2.75) is 165 Å². The van der Waals surface area contributed by atoms with Crippen LogP contribution in [0.1, 0.15) is 110 Å². The zero-order chi connectivity index (χ0) is 39.5. The molecule has 53 heavy (non-hydrogen) atoms. The van der Waals surface area contributed by atoms with Gasteiger partial charge in [0.1, 0.15) is 24.4 Å². The Bertz CT molecular complexity index is 1090. The first-order valence-electron chi connectivity index (χ1n) is 18.6. The number of halogens is 1. The van der Waals surface area contributed by atoms with Gasteiger partial charge in [-0.1, -0.05) is 90.4 Å². The second-order valence-corrected chi connectivity index (χ2v) is 17.1. The van der Waals surface area contributed by atoms with Crippen LogP contribution in [0.4, 0.5) is 0 Å². The van der Waals surface area contributed by atoms with E-state index in [2.05, 4.69) is 6.92 Å². The maximum Gasteiger partial charge on any atom is 0.503 e. The van der Waals surface area contributed by atoms with Crippen LogP contribution in [-0.4, -0.2) is 159 Å². The number of carboxylic acid groups (broad SMARTS) is 4. The van der Waals surface area contributed by atoms with Crippen LogP contribution in [0.3, 0.4) is 0 Å². The highest BCUT2D eigenvalue weighted by molar-refractivity contribution is 6.61. The van der Waals surface area contributed by atoms with E-state index in [1.54, 1.807) is 0 Å². The zero-order valence-corrected chi connectivity index (χ0v) is 33.0. The second-order valence-electron chi connectivity index (χ2n) is 14.5. The third kappa shape index (κ3) is 18.5. The molecule has 0 aromatic heterocycles. The molecule has 0 spiro atoms. The maximum atomic E-state index is 12.2. The molecule has 312 valence electrons. The molecule has 9 N–H and O–H groups in total. The lowest BCUT2D eigenvalue weighted by Crippen LogP contribution is -3.00. The van der Waals surface area contributed by atoms with Gasteiger partial charge < -0.3 is 76.1 Å². The Morgan fingerprint density at radius 2 is 1.11 bits per heavy atom. The van der Waals surface area contributed by atoms with E-state index in [-0.39, 0.29) is 24.9 Å². The van der Waals surface area contributed by atoms with Gasteiger partial charge in [0.25, 0.3) is 0 Å². The van der Waals surface area contributed by atoms with Crippen LogP contribution in [0.5, 0.6) is 0 Å². The minimum Gasteiger partial charge on any atom is -1.00 e. The normalized spacial score (nSPS) is 23.3. The molecule has 0 radical (unpaired) electrons. The van der Waals surface area contributed by atoms with Crippen molar-refractivity contribution >= 4 is 32.7 Å². The third-order valence-electron chi connectivity index (χ3n) is 9.48. The fraction of sp³-hybridized carbons (Fsp3) is 0.882. The van der Waals surface area contributed by atoms with Crippen molar-refractivity contribution in [3.05, 3.63) is 0 Å². The lowest BCUT2D eigenvalue weighted by Gasteiger charge is -2.45. The summed E-state index contributed by atoms with van der Waals surface area (Å²) in [6.45, 7) is 3.36. The molecule has 19 heteroatoms. The summed E-state index contributed by atoms with van der Waals surface area (Å²) < 4.78 is 17.2. The number of nitrogens with zero attached hydrogens (tertiary/aromatic N) is 1. The molecule has 1 aliphatic rings. The Labute approximate surface area is 319 Å². The van der Waals surface area contributed by atoms with Gasteiger partial charge >= 0.3 is 32.7 Å². The van der Waals surface area contributed by atoms with E-state index in [0.717, 1.165) is 32.2 Å². The zero-order valence-electron chi connectivity index (χ0n) is 31.3. The molecule has 1 heterocycles. The first-order chi connectivity index (χ1) is 24.4. The van der Waals surface area contributed by atoms with E-state index in [9.17, 15) is 60.0 Å². The molecule has 0 aromatic carbocycles. The number of quaternary nitrogens is 1. The number of aliphatic carboxylic acids is 4. The summed E-state index contributed by atoms with van der Waals surface area (Å²) in [6.07, 6.45) is -1.16. The molecule has 0 amide bonds. The second kappa shape index (κ2) is 26.0. The first kappa shape index (κ1) is 51.0. The van der Waals surface area contributed by atoms with Crippen molar-refractivity contribution in [3.8, 4) is 0 Å². The summed E-state index contributed by atoms with van der Waals surface area (Å²) in [7, 11) is -0.968. The third-order valence-corrected chi connectivity index (χ3v) is 12.3. The summed E-state index contributed by atoms with van der Waals surface area (Å²) in [5, 5.41) is 89.2. The van der Waals surface area contributed by atoms with Gasteiger partial charge in [-0.15, -0.1) is 0 Å². The van der Waals surface area contributed by atoms with Crippen LogP contribution in [0, 0.1) is 0 Å². The lowest BCUT2D eigenvalue weighted by atomic mass is 10.0. The van der Waals surface area contributed by atoms with Crippen molar-refractivity contribution < 1.29 is 95.3 Å². The number of carbonyl (C=O) groups is 4. The van der Waals surface area contributed by atoms with E-state index in [1.165, 1.54) is 70.6 Å². The van der Waals surface area contributed by atoms with E-state index in [0.29, 0.717) is 11.0 Å². The SMILES string of the molecule is CCCCCCCCCCCCCCCCC[N+](C)(C)CCC[Si@@]1(O[C@H](C(=O)O)[C@H](O)[C@H](O)[C@@H](O)C(=O)O)O[C@@H]([C@H](O)C(=O)O)[C@H](O)[C@H](C(=O)O)O1.[Cl-]. The van der Waals surface area contributed by atoms with Gasteiger partial charge in [-0.05, 0) is 12.8 Å². The number of rotatable bonds is 30. The predicted molar refractivity (Wildman–Crippen MR) is 187 cm³/mol. The average molecular weight is 806 g/mol. The Morgan fingerprint density at radius 1 is 0.660 bits per heavy atom. The maximum absolute atomic E-state index is 12.2. The van der Waals surface area contributed by atoms with Gasteiger partial charge in [-0.25, -0.2) is 19.2 Å². The smallest absolute Gasteiger partial charge is 0.503 e. The molecule has 1 saturated heterocycles. The van der Waals surface area contributed by atoms with E-state index in [4.69, 9.17) is 18.4 Å². The molecule has 9 atom stereocenters. The van der Waals surface area contributed by atoms with Crippen LogP contribution in [0.25, 0.3) is 0 Å². The fourth-order valence-corrected chi connectivity index (χ4v) is 9.33. The summed E-state index contributed by atoms with van der Waals surface area (Å²) in [5.41, 5.74) is 0. The Balaban J connectivity index is 0.0000270. The highest BCUT2D eigenvalue weighted by atomic mass is 35.5. The van der Waals surface area contributed by atoms with Gasteiger partial charge in [0.05, 0.1) is 27.2 Å². The topological polar surface area (TPSA) is 278 Å². The molecular weight excluding hydrogens is 742 g/mol. The molecule has 0 bridgehead atoms. The van der Waals surface area contributed by atoms with Gasteiger partial charge in [0, 0.05) is 12.5 Å². The van der Waals surface area contributed by atoms with Gasteiger partial charge in [-0.2, -0.15) is 0 Å². The first-order valence-corrected chi connectivity index (χ1v) is 20.5. The van der Waals surface area contributed by atoms with Crippen LogP contribution in [0.15, 0.2) is 0 Å². The number of aliphatic hydroxyl groups excluding tert-OH is 5. The molecular formula is C34H64ClNO16Si. The fourth-order valence-electron chi connectivity index (χ4n) is 6.28. The van der Waals surface area contributed by atoms with Crippen molar-refractivity contribution in [2.24, 2.45) is 0 Å². The molecule has 1 rings (SSSR count). The van der Waals surface area contributed by atoms with E-state index < -0.39 is 81.5 Å². The van der Waals surface area contributed by atoms with Gasteiger partial charge in [-0.3, -0.25) is 0 Å². The quantitative estimate of drug-likeness (QED) is 0.0229. The summed E-state index contributed by atoms with van der Waals surface area (Å²) >= 11 is 0. The molecule has 1 aliphatic heterocycles. The minimum atomic E-state index is -4.85. The number of unbranched alkanes of at least 4 members (excludes halogenated alkanes) is 14. The van der Waals surface area contributed by atoms with Crippen LogP contribution < -0.4 is 12.4 Å². The number of hydrogen-bond acceptors (Lipinski definition) is 12. The summed E-state index contributed by atoms with van der Waals surface area (Å²) in [6, 6.07) is -0.388. The highest BCUT2D eigenvalue weighted by Gasteiger charge is 2.60. The minimum absolute atomic E-state index is 0. The Hall–Kier alpha value is -1.97. The predicted octanol–water partition coefficient (Wildman–Crippen LogP) is -1.42. The van der Waals surface area contributed by atoms with Gasteiger partial charge in [0.2, 0.25) is 0 Å². The molecule has 1 fully saturated rings. The number of hydrogen-bond donors (Lipinski definition) is 9. The highest BCUT2D eigenvalue weighted by Crippen LogP contribution is 2.34. The van der Waals surface area contributed by atoms with E-state index >= 15 is 0 Å². The summed E-state index contributed by atoms with van der Waals surface area (Å²) in [4.78, 5) is 47.0. The molecule has 0 aromatic rings. The van der Waals surface area contributed by atoms with E-state index in [1.807, 2.05) is 14.1 Å². The number of carboxylic acids is 4. The average Bonchev–Trinajstić information content (AvgIpc) is 3.08. The molecule has 0 aliphatic carbocycles. The number of aliphatic hydroxyl groups is 5. The van der Waals surface area contributed by atoms with Crippen molar-refractivity contribution in [1.82, 2.24) is 0 Å². The van der Waals surface area contributed by atoms with Crippen LogP contribution in [-0.2, 0) is 32.5 Å². The lowest BCUT2D eigenvalue weighted by molar-refractivity contribution is -0.890. The molecule has 0 unspecified atom stereocenters. The standard InChI is InChI=1S/C34H63NO16Si.ClH/c1-4-5-6-7-8-9-10-11-12-13-14-15-16-17-18-20-35(2,3)21-19-22-52(50-29(33(45)46)24(37)23(36)25(38)31(41)42)49-28(27(40)32(43)44)26(39)30(51-52)34(47)48;/h23-30,36-40H,4-22H2,1-3H3,(H3-,41,42,43,44,45,46,47,48);1H/t23-,24+,25+,26-,27-,28+,29-,30+,52-;/m0./s1. The Morgan fingerprint density at radius 3 is 1.53 bits per heavy atom. The van der Waals surface area contributed by atoms with Crippen molar-refractivity contribution in [2.75, 3.05) is 27.2 Å². The molecule has 17 nitrogen and oxygen atoms in total. The monoisotopic (exact) mass is 805 g/mol. The van der Waals surface area contributed by atoms with Crippen LogP contribution in [0.2, 0.25) is 6.04 Å².